The summed E-state index contributed by atoms with van der Waals surface area (Å²) in [6, 6.07) is 20.5. The van der Waals surface area contributed by atoms with E-state index in [4.69, 9.17) is 0 Å². The monoisotopic (exact) mass is 469 g/mol. The number of rotatable bonds is 6. The zero-order valence-electron chi connectivity index (χ0n) is 21.1. The third kappa shape index (κ3) is 4.07. The quantitative estimate of drug-likeness (QED) is 0.557. The molecule has 2 aliphatic heterocycles. The minimum Gasteiger partial charge on any atom is -0.380 e. The van der Waals surface area contributed by atoms with Gasteiger partial charge in [-0.15, -0.1) is 0 Å². The summed E-state index contributed by atoms with van der Waals surface area (Å²) in [5.41, 5.74) is 3.18. The Balaban J connectivity index is 1.52. The van der Waals surface area contributed by atoms with Gasteiger partial charge in [0.1, 0.15) is 5.60 Å². The van der Waals surface area contributed by atoms with Gasteiger partial charge in [0.15, 0.2) is 0 Å². The third-order valence-electron chi connectivity index (χ3n) is 7.96. The lowest BCUT2D eigenvalue weighted by molar-refractivity contribution is -0.127. The van der Waals surface area contributed by atoms with Crippen LogP contribution in [0.1, 0.15) is 61.3 Å². The average molecular weight is 470 g/mol. The van der Waals surface area contributed by atoms with Crippen LogP contribution < -0.4 is 4.90 Å². The first-order valence-corrected chi connectivity index (χ1v) is 12.5. The van der Waals surface area contributed by atoms with Gasteiger partial charge >= 0.3 is 0 Å². The van der Waals surface area contributed by atoms with Gasteiger partial charge in [0.05, 0.1) is 11.9 Å². The van der Waals surface area contributed by atoms with Gasteiger partial charge in [0.25, 0.3) is 0 Å². The fourth-order valence-electron chi connectivity index (χ4n) is 6.03. The molecule has 2 saturated heterocycles. The van der Waals surface area contributed by atoms with Crippen molar-refractivity contribution in [1.29, 1.82) is 0 Å². The maximum Gasteiger partial charge on any atom is 0.227 e. The van der Waals surface area contributed by atoms with Gasteiger partial charge in [-0.05, 0) is 35.7 Å². The summed E-state index contributed by atoms with van der Waals surface area (Å²) in [5, 5.41) is 12.5. The highest BCUT2D eigenvalue weighted by atomic mass is 16.3. The van der Waals surface area contributed by atoms with Crippen LogP contribution in [0.3, 0.4) is 0 Å². The Hall–Kier alpha value is -3.02. The second-order valence-electron chi connectivity index (χ2n) is 11.0. The van der Waals surface area contributed by atoms with E-state index in [2.05, 4.69) is 74.1 Å². The number of benzene rings is 2. The molecule has 182 valence electrons. The van der Waals surface area contributed by atoms with Crippen molar-refractivity contribution in [2.45, 2.75) is 44.6 Å². The number of carbonyl (C=O) groups is 1. The van der Waals surface area contributed by atoms with Crippen LogP contribution in [-0.4, -0.2) is 47.6 Å². The highest BCUT2D eigenvalue weighted by Crippen LogP contribution is 2.50. The molecule has 3 aromatic rings. The normalized spacial score (nSPS) is 21.7. The third-order valence-corrected chi connectivity index (χ3v) is 7.96. The predicted molar refractivity (Wildman–Crippen MR) is 140 cm³/mol. The van der Waals surface area contributed by atoms with Crippen LogP contribution in [0.5, 0.6) is 0 Å². The first-order chi connectivity index (χ1) is 16.7. The lowest BCUT2D eigenvalue weighted by Crippen LogP contribution is -2.63. The Morgan fingerprint density at radius 1 is 1.03 bits per heavy atom. The van der Waals surface area contributed by atoms with Crippen molar-refractivity contribution in [3.63, 3.8) is 0 Å². The minimum atomic E-state index is -1.22. The van der Waals surface area contributed by atoms with Crippen LogP contribution in [0.25, 0.3) is 0 Å². The Bertz CT molecular complexity index is 1200. The van der Waals surface area contributed by atoms with Crippen LogP contribution in [0.15, 0.2) is 73.1 Å². The Morgan fingerprint density at radius 3 is 2.34 bits per heavy atom. The van der Waals surface area contributed by atoms with E-state index in [-0.39, 0.29) is 17.2 Å². The molecule has 0 saturated carbocycles. The number of amides is 1. The Morgan fingerprint density at radius 2 is 1.71 bits per heavy atom. The molecular formula is C30H35N3O2. The Labute approximate surface area is 208 Å². The molecule has 0 bridgehead atoms. The molecule has 5 heteroatoms. The van der Waals surface area contributed by atoms with Gasteiger partial charge in [-0.25, -0.2) is 0 Å². The highest BCUT2D eigenvalue weighted by molar-refractivity contribution is 5.96. The van der Waals surface area contributed by atoms with E-state index in [0.29, 0.717) is 18.9 Å². The van der Waals surface area contributed by atoms with Crippen LogP contribution in [0.4, 0.5) is 5.69 Å². The molecule has 2 aromatic carbocycles. The number of aromatic nitrogens is 1. The summed E-state index contributed by atoms with van der Waals surface area (Å²) in [4.78, 5) is 21.6. The predicted octanol–water partition coefficient (Wildman–Crippen LogP) is 4.91. The maximum atomic E-state index is 13.0. The van der Waals surface area contributed by atoms with Crippen molar-refractivity contribution >= 4 is 11.6 Å². The summed E-state index contributed by atoms with van der Waals surface area (Å²) in [7, 11) is 2.07. The second-order valence-corrected chi connectivity index (χ2v) is 11.0. The van der Waals surface area contributed by atoms with Crippen molar-refractivity contribution in [3.05, 3.63) is 95.3 Å². The van der Waals surface area contributed by atoms with Gasteiger partial charge in [-0.3, -0.25) is 9.78 Å². The number of hydrogen-bond donors (Lipinski definition) is 1. The summed E-state index contributed by atoms with van der Waals surface area (Å²) in [6.07, 6.45) is 3.99. The molecule has 35 heavy (non-hydrogen) atoms. The first-order valence-electron chi connectivity index (χ1n) is 12.5. The number of hydrogen-bond acceptors (Lipinski definition) is 4. The molecule has 2 atom stereocenters. The lowest BCUT2D eigenvalue weighted by Gasteiger charge is -2.56. The number of aliphatic hydroxyl groups is 1. The number of likely N-dealkylation sites (tertiary alicyclic amines) is 1. The van der Waals surface area contributed by atoms with Gasteiger partial charge < -0.3 is 14.9 Å². The molecule has 2 aliphatic rings. The van der Waals surface area contributed by atoms with E-state index in [0.717, 1.165) is 29.9 Å². The standard InChI is InChI=1S/C30H35N3O2/c1-21(2)22-10-12-25(13-11-22)30(35,29(3)19-32(4)20-29)26-15-27(17-31-16-26)33-18-24(14-28(33)34)23-8-6-5-7-9-23/h5-13,15-17,21,24,35H,14,18-20H2,1-4H3/t24?,30-/m0/s1. The average Bonchev–Trinajstić information content (AvgIpc) is 3.25. The smallest absolute Gasteiger partial charge is 0.227 e. The maximum absolute atomic E-state index is 13.0. The topological polar surface area (TPSA) is 56.7 Å². The first kappa shape index (κ1) is 23.7. The van der Waals surface area contributed by atoms with Crippen LogP contribution in [0, 0.1) is 5.41 Å². The van der Waals surface area contributed by atoms with Crippen LogP contribution >= 0.6 is 0 Å². The largest absolute Gasteiger partial charge is 0.380 e. The van der Waals surface area contributed by atoms with Gasteiger partial charge in [0, 0.05) is 49.1 Å². The molecule has 1 unspecified atom stereocenters. The summed E-state index contributed by atoms with van der Waals surface area (Å²) in [6.45, 7) is 8.66. The van der Waals surface area contributed by atoms with Crippen molar-refractivity contribution in [1.82, 2.24) is 9.88 Å². The fraction of sp³-hybridized carbons (Fsp3) is 0.400. The van der Waals surface area contributed by atoms with E-state index in [9.17, 15) is 9.90 Å². The van der Waals surface area contributed by atoms with E-state index < -0.39 is 5.60 Å². The van der Waals surface area contributed by atoms with Crippen molar-refractivity contribution in [3.8, 4) is 0 Å². The molecule has 0 aliphatic carbocycles. The number of pyridine rings is 1. The minimum absolute atomic E-state index is 0.0946. The summed E-state index contributed by atoms with van der Waals surface area (Å²) in [5.74, 6) is 0.677. The van der Waals surface area contributed by atoms with Crippen molar-refractivity contribution in [2.75, 3.05) is 31.6 Å². The second kappa shape index (κ2) is 8.89. The molecule has 5 rings (SSSR count). The molecule has 5 nitrogen and oxygen atoms in total. The molecule has 2 fully saturated rings. The fourth-order valence-corrected chi connectivity index (χ4v) is 6.03. The number of anilines is 1. The SMILES string of the molecule is CC(C)c1ccc([C@](O)(c2cncc(N3CC(c4ccccc4)CC3=O)c2)C2(C)CN(C)C2)cc1. The van der Waals surface area contributed by atoms with E-state index in [1.807, 2.05) is 29.2 Å². The van der Waals surface area contributed by atoms with Crippen LogP contribution in [-0.2, 0) is 10.4 Å². The van der Waals surface area contributed by atoms with Gasteiger partial charge in [-0.2, -0.15) is 0 Å². The Kier molecular flexibility index (Phi) is 6.02. The van der Waals surface area contributed by atoms with Crippen molar-refractivity contribution in [2.24, 2.45) is 5.41 Å². The van der Waals surface area contributed by atoms with Crippen LogP contribution in [0.2, 0.25) is 0 Å². The van der Waals surface area contributed by atoms with E-state index >= 15 is 0 Å². The van der Waals surface area contributed by atoms with E-state index in [1.54, 1.807) is 12.4 Å². The van der Waals surface area contributed by atoms with Gasteiger partial charge in [0.2, 0.25) is 5.91 Å². The highest BCUT2D eigenvalue weighted by Gasteiger charge is 2.55. The van der Waals surface area contributed by atoms with Gasteiger partial charge in [-0.1, -0.05) is 75.4 Å². The van der Waals surface area contributed by atoms with Crippen molar-refractivity contribution < 1.29 is 9.90 Å². The molecule has 1 amide bonds. The number of nitrogens with zero attached hydrogens (tertiary/aromatic N) is 3. The molecule has 3 heterocycles. The molecule has 1 aromatic heterocycles. The molecular weight excluding hydrogens is 434 g/mol. The molecule has 0 spiro atoms. The summed E-state index contributed by atoms with van der Waals surface area (Å²) >= 11 is 0. The van der Waals surface area contributed by atoms with E-state index in [1.165, 1.54) is 11.1 Å². The number of carbonyl (C=O) groups excluding carboxylic acids is 1. The molecule has 1 N–H and O–H groups in total. The lowest BCUT2D eigenvalue weighted by atomic mass is 9.62. The zero-order chi connectivity index (χ0) is 24.8. The summed E-state index contributed by atoms with van der Waals surface area (Å²) < 4.78 is 0. The zero-order valence-corrected chi connectivity index (χ0v) is 21.1. The molecule has 0 radical (unpaired) electrons.